The van der Waals surface area contributed by atoms with Crippen molar-refractivity contribution in [3.63, 3.8) is 0 Å². The molecule has 1 saturated heterocycles. The van der Waals surface area contributed by atoms with Gasteiger partial charge in [0, 0.05) is 0 Å². The van der Waals surface area contributed by atoms with Gasteiger partial charge < -0.3 is 4.74 Å². The van der Waals surface area contributed by atoms with E-state index in [0.717, 1.165) is 12.8 Å². The average molecular weight is 180 g/mol. The van der Waals surface area contributed by atoms with E-state index in [1.54, 1.807) is 0 Å². The third kappa shape index (κ3) is 1.62. The van der Waals surface area contributed by atoms with E-state index in [-0.39, 0.29) is 11.4 Å². The van der Waals surface area contributed by atoms with Crippen LogP contribution < -0.4 is 0 Å². The molecule has 1 heterocycles. The molecule has 2 nitrogen and oxygen atoms in total. The van der Waals surface area contributed by atoms with E-state index in [1.807, 2.05) is 13.8 Å². The number of Topliss-reactive ketones (excluding diaryl/α,β-unsaturated/α-hetero) is 1. The van der Waals surface area contributed by atoms with E-state index in [2.05, 4.69) is 0 Å². The molecule has 0 aromatic heterocycles. The topological polar surface area (TPSA) is 26.3 Å². The number of rotatable bonds is 0. The van der Waals surface area contributed by atoms with Crippen molar-refractivity contribution in [3.05, 3.63) is 11.3 Å². The maximum Gasteiger partial charge on any atom is 0.201 e. The Hall–Kier alpha value is -0.790. The normalized spacial score (nSPS) is 26.8. The molecule has 0 aromatic rings. The maximum atomic E-state index is 11.6. The standard InChI is InChI=1S/C11H16O2/c1-11(2)7-9(12)10(13-11)8-5-3-4-6-8/h3-7H2,1-2H3. The lowest BCUT2D eigenvalue weighted by atomic mass is 10.0. The molecular weight excluding hydrogens is 164 g/mol. The largest absolute Gasteiger partial charge is 0.484 e. The van der Waals surface area contributed by atoms with Crippen LogP contribution in [0.1, 0.15) is 46.0 Å². The molecule has 2 aliphatic rings. The summed E-state index contributed by atoms with van der Waals surface area (Å²) in [6.45, 7) is 3.96. The fourth-order valence-electron chi connectivity index (χ4n) is 2.13. The zero-order valence-corrected chi connectivity index (χ0v) is 8.35. The van der Waals surface area contributed by atoms with Gasteiger partial charge in [0.15, 0.2) is 5.76 Å². The molecule has 2 rings (SSSR count). The van der Waals surface area contributed by atoms with Crippen LogP contribution in [0.2, 0.25) is 0 Å². The quantitative estimate of drug-likeness (QED) is 0.535. The minimum Gasteiger partial charge on any atom is -0.484 e. The van der Waals surface area contributed by atoms with Crippen LogP contribution in [-0.2, 0) is 9.53 Å². The minimum atomic E-state index is -0.262. The molecule has 1 aliphatic carbocycles. The molecule has 0 atom stereocenters. The maximum absolute atomic E-state index is 11.6. The third-order valence-corrected chi connectivity index (χ3v) is 2.75. The molecule has 1 aliphatic heterocycles. The summed E-state index contributed by atoms with van der Waals surface area (Å²) < 4.78 is 5.68. The lowest BCUT2D eigenvalue weighted by Gasteiger charge is -2.16. The number of allylic oxidation sites excluding steroid dienone is 2. The van der Waals surface area contributed by atoms with Gasteiger partial charge >= 0.3 is 0 Å². The van der Waals surface area contributed by atoms with E-state index >= 15 is 0 Å². The van der Waals surface area contributed by atoms with Crippen LogP contribution in [0.4, 0.5) is 0 Å². The second-order valence-electron chi connectivity index (χ2n) is 4.60. The van der Waals surface area contributed by atoms with Gasteiger partial charge in [-0.3, -0.25) is 4.79 Å². The Morgan fingerprint density at radius 1 is 1.23 bits per heavy atom. The van der Waals surface area contributed by atoms with Gasteiger partial charge in [0.1, 0.15) is 5.60 Å². The van der Waals surface area contributed by atoms with Crippen LogP contribution in [0.3, 0.4) is 0 Å². The fraction of sp³-hybridized carbons (Fsp3) is 0.727. The lowest BCUT2D eigenvalue weighted by molar-refractivity contribution is -0.115. The van der Waals surface area contributed by atoms with Crippen LogP contribution in [0.25, 0.3) is 0 Å². The molecule has 0 radical (unpaired) electrons. The molecule has 0 spiro atoms. The molecular formula is C11H16O2. The highest BCUT2D eigenvalue weighted by Crippen LogP contribution is 2.36. The molecule has 2 heteroatoms. The molecule has 1 saturated carbocycles. The van der Waals surface area contributed by atoms with Crippen molar-refractivity contribution >= 4 is 5.78 Å². The first-order valence-corrected chi connectivity index (χ1v) is 5.03. The summed E-state index contributed by atoms with van der Waals surface area (Å²) in [4.78, 5) is 11.6. The van der Waals surface area contributed by atoms with Crippen molar-refractivity contribution in [3.8, 4) is 0 Å². The van der Waals surface area contributed by atoms with Crippen LogP contribution in [-0.4, -0.2) is 11.4 Å². The third-order valence-electron chi connectivity index (χ3n) is 2.75. The number of ketones is 1. The summed E-state index contributed by atoms with van der Waals surface area (Å²) in [5.41, 5.74) is 0.998. The number of ether oxygens (including phenoxy) is 1. The van der Waals surface area contributed by atoms with Crippen LogP contribution in [0, 0.1) is 0 Å². The Morgan fingerprint density at radius 3 is 2.31 bits per heavy atom. The van der Waals surface area contributed by atoms with Gasteiger partial charge in [0.05, 0.1) is 6.42 Å². The zero-order valence-electron chi connectivity index (χ0n) is 8.35. The van der Waals surface area contributed by atoms with E-state index in [1.165, 1.54) is 18.4 Å². The average Bonchev–Trinajstić information content (AvgIpc) is 2.56. The number of hydrogen-bond acceptors (Lipinski definition) is 2. The van der Waals surface area contributed by atoms with E-state index in [4.69, 9.17) is 4.74 Å². The Kier molecular flexibility index (Phi) is 1.94. The van der Waals surface area contributed by atoms with E-state index < -0.39 is 0 Å². The molecule has 72 valence electrons. The SMILES string of the molecule is CC1(C)CC(=O)C(=C2CCCC2)O1. The van der Waals surface area contributed by atoms with Crippen LogP contribution in [0.5, 0.6) is 0 Å². The van der Waals surface area contributed by atoms with Crippen LogP contribution >= 0.6 is 0 Å². The smallest absolute Gasteiger partial charge is 0.201 e. The van der Waals surface area contributed by atoms with E-state index in [9.17, 15) is 4.79 Å². The Labute approximate surface area is 79.0 Å². The summed E-state index contributed by atoms with van der Waals surface area (Å²) >= 11 is 0. The van der Waals surface area contributed by atoms with E-state index in [0.29, 0.717) is 12.2 Å². The summed E-state index contributed by atoms with van der Waals surface area (Å²) in [6.07, 6.45) is 5.12. The first-order chi connectivity index (χ1) is 6.08. The zero-order chi connectivity index (χ0) is 9.47. The molecule has 0 aromatic carbocycles. The van der Waals surface area contributed by atoms with Crippen molar-refractivity contribution in [2.75, 3.05) is 0 Å². The Bertz CT molecular complexity index is 266. The van der Waals surface area contributed by atoms with Crippen molar-refractivity contribution in [2.24, 2.45) is 0 Å². The monoisotopic (exact) mass is 180 g/mol. The van der Waals surface area contributed by atoms with Gasteiger partial charge in [-0.1, -0.05) is 0 Å². The fourth-order valence-corrected chi connectivity index (χ4v) is 2.13. The lowest BCUT2D eigenvalue weighted by Crippen LogP contribution is -2.16. The van der Waals surface area contributed by atoms with Crippen molar-refractivity contribution in [1.29, 1.82) is 0 Å². The van der Waals surface area contributed by atoms with Crippen LogP contribution in [0.15, 0.2) is 11.3 Å². The predicted octanol–water partition coefficient (Wildman–Crippen LogP) is 2.58. The van der Waals surface area contributed by atoms with Gasteiger partial charge in [-0.05, 0) is 45.1 Å². The summed E-state index contributed by atoms with van der Waals surface area (Å²) in [7, 11) is 0. The summed E-state index contributed by atoms with van der Waals surface area (Å²) in [6, 6.07) is 0. The number of carbonyl (C=O) groups excluding carboxylic acids is 1. The minimum absolute atomic E-state index is 0.210. The summed E-state index contributed by atoms with van der Waals surface area (Å²) in [5.74, 6) is 0.907. The van der Waals surface area contributed by atoms with Gasteiger partial charge in [0.2, 0.25) is 5.78 Å². The van der Waals surface area contributed by atoms with Gasteiger partial charge in [0.25, 0.3) is 0 Å². The van der Waals surface area contributed by atoms with Gasteiger partial charge in [-0.2, -0.15) is 0 Å². The first kappa shape index (κ1) is 8.79. The first-order valence-electron chi connectivity index (χ1n) is 5.03. The highest BCUT2D eigenvalue weighted by molar-refractivity contribution is 5.96. The predicted molar refractivity (Wildman–Crippen MR) is 50.3 cm³/mol. The van der Waals surface area contributed by atoms with Crippen molar-refractivity contribution in [2.45, 2.75) is 51.6 Å². The summed E-state index contributed by atoms with van der Waals surface area (Å²) in [5, 5.41) is 0. The Morgan fingerprint density at radius 2 is 1.85 bits per heavy atom. The highest BCUT2D eigenvalue weighted by Gasteiger charge is 2.37. The molecule has 0 unspecified atom stereocenters. The Balaban J connectivity index is 2.25. The molecule has 13 heavy (non-hydrogen) atoms. The van der Waals surface area contributed by atoms with Gasteiger partial charge in [-0.15, -0.1) is 0 Å². The second-order valence-corrected chi connectivity index (χ2v) is 4.60. The number of carbonyl (C=O) groups is 1. The second kappa shape index (κ2) is 2.86. The molecule has 2 fully saturated rings. The number of hydrogen-bond donors (Lipinski definition) is 0. The highest BCUT2D eigenvalue weighted by atomic mass is 16.5. The van der Waals surface area contributed by atoms with Crippen molar-refractivity contribution in [1.82, 2.24) is 0 Å². The molecule has 0 amide bonds. The van der Waals surface area contributed by atoms with Crippen molar-refractivity contribution < 1.29 is 9.53 Å². The molecule has 0 bridgehead atoms. The van der Waals surface area contributed by atoms with Gasteiger partial charge in [-0.25, -0.2) is 0 Å². The molecule has 0 N–H and O–H groups in total.